The first kappa shape index (κ1) is 19.9. The zero-order chi connectivity index (χ0) is 14.6. The number of hydrogen-bond acceptors (Lipinski definition) is 2. The van der Waals surface area contributed by atoms with E-state index in [1.165, 1.54) is 19.3 Å². The van der Waals surface area contributed by atoms with E-state index in [1.54, 1.807) is 6.20 Å². The van der Waals surface area contributed by atoms with Gasteiger partial charge in [0.2, 0.25) is 0 Å². The lowest BCUT2D eigenvalue weighted by molar-refractivity contribution is 0.453. The highest BCUT2D eigenvalue weighted by Gasteiger charge is 2.04. The lowest BCUT2D eigenvalue weighted by Gasteiger charge is -2.22. The van der Waals surface area contributed by atoms with Crippen LogP contribution in [-0.4, -0.2) is 47.6 Å². The van der Waals surface area contributed by atoms with E-state index >= 15 is 0 Å². The molecule has 120 valence electrons. The molecule has 1 rings (SSSR count). The Labute approximate surface area is 145 Å². The molecule has 5 nitrogen and oxygen atoms in total. The molecule has 0 aliphatic rings. The number of nitrogens with one attached hydrogen (secondary N) is 1. The maximum absolute atomic E-state index is 4.31. The van der Waals surface area contributed by atoms with Gasteiger partial charge in [0.05, 0.1) is 6.33 Å². The molecular weight excluding hydrogens is 377 g/mol. The SMILES string of the molecule is C=CCCCCCN(C)C(=NC)NCCn1ccnc1.I. The van der Waals surface area contributed by atoms with Gasteiger partial charge in [-0.25, -0.2) is 4.98 Å². The molecule has 0 amide bonds. The van der Waals surface area contributed by atoms with Crippen LogP contribution in [0.3, 0.4) is 0 Å². The highest BCUT2D eigenvalue weighted by Crippen LogP contribution is 2.01. The van der Waals surface area contributed by atoms with E-state index in [0.29, 0.717) is 0 Å². The van der Waals surface area contributed by atoms with Crippen molar-refractivity contribution in [2.24, 2.45) is 4.99 Å². The second kappa shape index (κ2) is 12.7. The number of halogens is 1. The van der Waals surface area contributed by atoms with Crippen LogP contribution in [0, 0.1) is 0 Å². The number of hydrogen-bond donors (Lipinski definition) is 1. The number of imidazole rings is 1. The normalized spacial score (nSPS) is 10.9. The van der Waals surface area contributed by atoms with Crippen LogP contribution in [0.4, 0.5) is 0 Å². The third kappa shape index (κ3) is 8.75. The molecule has 0 aliphatic carbocycles. The largest absolute Gasteiger partial charge is 0.354 e. The molecule has 0 aromatic carbocycles. The highest BCUT2D eigenvalue weighted by atomic mass is 127. The Morgan fingerprint density at radius 1 is 1.43 bits per heavy atom. The van der Waals surface area contributed by atoms with Crippen LogP contribution >= 0.6 is 24.0 Å². The number of allylic oxidation sites excluding steroid dienone is 1. The van der Waals surface area contributed by atoms with Gasteiger partial charge in [-0.3, -0.25) is 4.99 Å². The molecule has 0 unspecified atom stereocenters. The van der Waals surface area contributed by atoms with Gasteiger partial charge < -0.3 is 14.8 Å². The molecule has 0 aliphatic heterocycles. The molecule has 1 N–H and O–H groups in total. The first-order valence-corrected chi connectivity index (χ1v) is 7.26. The number of aromatic nitrogens is 2. The Morgan fingerprint density at radius 2 is 2.24 bits per heavy atom. The molecule has 0 saturated carbocycles. The van der Waals surface area contributed by atoms with Gasteiger partial charge in [-0.2, -0.15) is 0 Å². The summed E-state index contributed by atoms with van der Waals surface area (Å²) in [6.45, 7) is 6.52. The molecule has 0 saturated heterocycles. The lowest BCUT2D eigenvalue weighted by Crippen LogP contribution is -2.40. The maximum Gasteiger partial charge on any atom is 0.193 e. The van der Waals surface area contributed by atoms with Crippen molar-refractivity contribution in [2.45, 2.75) is 32.2 Å². The minimum Gasteiger partial charge on any atom is -0.354 e. The quantitative estimate of drug-likeness (QED) is 0.226. The van der Waals surface area contributed by atoms with E-state index in [9.17, 15) is 0 Å². The number of aliphatic imine (C=N–C) groups is 1. The van der Waals surface area contributed by atoms with E-state index in [1.807, 2.05) is 25.6 Å². The van der Waals surface area contributed by atoms with Gasteiger partial charge in [0, 0.05) is 46.1 Å². The van der Waals surface area contributed by atoms with Crippen molar-refractivity contribution in [2.75, 3.05) is 27.2 Å². The second-order valence-corrected chi connectivity index (χ2v) is 4.83. The van der Waals surface area contributed by atoms with Crippen molar-refractivity contribution in [3.8, 4) is 0 Å². The third-order valence-electron chi connectivity index (χ3n) is 3.19. The topological polar surface area (TPSA) is 45.5 Å². The van der Waals surface area contributed by atoms with Crippen LogP contribution in [0.1, 0.15) is 25.7 Å². The molecule has 21 heavy (non-hydrogen) atoms. The Balaban J connectivity index is 0.00000400. The lowest BCUT2D eigenvalue weighted by atomic mass is 10.2. The predicted molar refractivity (Wildman–Crippen MR) is 100 cm³/mol. The highest BCUT2D eigenvalue weighted by molar-refractivity contribution is 14.0. The van der Waals surface area contributed by atoms with E-state index in [-0.39, 0.29) is 24.0 Å². The fraction of sp³-hybridized carbons (Fsp3) is 0.600. The summed E-state index contributed by atoms with van der Waals surface area (Å²) in [5.41, 5.74) is 0. The summed E-state index contributed by atoms with van der Waals surface area (Å²) in [7, 11) is 3.91. The van der Waals surface area contributed by atoms with Gasteiger partial charge in [-0.15, -0.1) is 30.6 Å². The van der Waals surface area contributed by atoms with Crippen LogP contribution < -0.4 is 5.32 Å². The van der Waals surface area contributed by atoms with Crippen molar-refractivity contribution in [3.63, 3.8) is 0 Å². The average molecular weight is 405 g/mol. The Morgan fingerprint density at radius 3 is 2.86 bits per heavy atom. The fourth-order valence-corrected chi connectivity index (χ4v) is 2.02. The van der Waals surface area contributed by atoms with Gasteiger partial charge in [-0.1, -0.05) is 12.5 Å². The van der Waals surface area contributed by atoms with Crippen molar-refractivity contribution in [1.82, 2.24) is 19.8 Å². The van der Waals surface area contributed by atoms with Crippen molar-refractivity contribution >= 4 is 29.9 Å². The van der Waals surface area contributed by atoms with Gasteiger partial charge in [0.15, 0.2) is 5.96 Å². The zero-order valence-electron chi connectivity index (χ0n) is 13.2. The first-order valence-electron chi connectivity index (χ1n) is 7.26. The molecule has 0 radical (unpaired) electrons. The number of nitrogens with zero attached hydrogens (tertiary/aromatic N) is 4. The second-order valence-electron chi connectivity index (χ2n) is 4.83. The monoisotopic (exact) mass is 405 g/mol. The number of unbranched alkanes of at least 4 members (excludes halogenated alkanes) is 3. The standard InChI is InChI=1S/C15H27N5.HI/c1-4-5-6-7-8-11-19(3)15(16-2)18-10-13-20-12-9-17-14-20;/h4,9,12,14H,1,5-8,10-11,13H2,2-3H3,(H,16,18);1H. The van der Waals surface area contributed by atoms with E-state index in [4.69, 9.17) is 0 Å². The van der Waals surface area contributed by atoms with E-state index < -0.39 is 0 Å². The zero-order valence-corrected chi connectivity index (χ0v) is 15.5. The van der Waals surface area contributed by atoms with Crippen molar-refractivity contribution in [3.05, 3.63) is 31.4 Å². The average Bonchev–Trinajstić information content (AvgIpc) is 2.96. The van der Waals surface area contributed by atoms with E-state index in [2.05, 4.69) is 38.4 Å². The number of guanidine groups is 1. The molecular formula is C15H28IN5. The van der Waals surface area contributed by atoms with Crippen LogP contribution in [0.2, 0.25) is 0 Å². The summed E-state index contributed by atoms with van der Waals surface area (Å²) in [6, 6.07) is 0. The summed E-state index contributed by atoms with van der Waals surface area (Å²) in [6.07, 6.45) is 12.3. The van der Waals surface area contributed by atoms with Gasteiger partial charge in [0.25, 0.3) is 0 Å². The summed E-state index contributed by atoms with van der Waals surface area (Å²) in [5, 5.41) is 3.37. The summed E-state index contributed by atoms with van der Waals surface area (Å²) in [5.74, 6) is 0.953. The summed E-state index contributed by atoms with van der Waals surface area (Å²) < 4.78 is 2.05. The Kier molecular flexibility index (Phi) is 12.0. The first-order chi connectivity index (χ1) is 9.77. The molecule has 0 fully saturated rings. The minimum atomic E-state index is 0. The predicted octanol–water partition coefficient (Wildman–Crippen LogP) is 2.75. The number of rotatable bonds is 9. The van der Waals surface area contributed by atoms with E-state index in [0.717, 1.165) is 32.0 Å². The Bertz CT molecular complexity index is 389. The van der Waals surface area contributed by atoms with Crippen molar-refractivity contribution < 1.29 is 0 Å². The van der Waals surface area contributed by atoms with Gasteiger partial charge in [-0.05, 0) is 19.3 Å². The van der Waals surface area contributed by atoms with Crippen LogP contribution in [-0.2, 0) is 6.54 Å². The molecule has 0 bridgehead atoms. The molecule has 1 heterocycles. The molecule has 1 aromatic rings. The molecule has 0 atom stereocenters. The smallest absolute Gasteiger partial charge is 0.193 e. The van der Waals surface area contributed by atoms with Gasteiger partial charge >= 0.3 is 0 Å². The molecule has 0 spiro atoms. The summed E-state index contributed by atoms with van der Waals surface area (Å²) in [4.78, 5) is 10.5. The maximum atomic E-state index is 4.31. The van der Waals surface area contributed by atoms with Crippen LogP contribution in [0.25, 0.3) is 0 Å². The summed E-state index contributed by atoms with van der Waals surface area (Å²) >= 11 is 0. The molecule has 1 aromatic heterocycles. The fourth-order valence-electron chi connectivity index (χ4n) is 2.02. The minimum absolute atomic E-state index is 0. The van der Waals surface area contributed by atoms with Crippen LogP contribution in [0.5, 0.6) is 0 Å². The van der Waals surface area contributed by atoms with Crippen molar-refractivity contribution in [1.29, 1.82) is 0 Å². The third-order valence-corrected chi connectivity index (χ3v) is 3.19. The van der Waals surface area contributed by atoms with Gasteiger partial charge in [0.1, 0.15) is 0 Å². The molecule has 6 heteroatoms. The Hall–Kier alpha value is -1.05. The van der Waals surface area contributed by atoms with Crippen LogP contribution in [0.15, 0.2) is 36.4 Å².